The first-order valence-corrected chi connectivity index (χ1v) is 5.31. The minimum Gasteiger partial charge on any atom is -0.486 e. The Bertz CT molecular complexity index is 413. The van der Waals surface area contributed by atoms with Gasteiger partial charge in [-0.25, -0.2) is 0 Å². The molecule has 4 heteroatoms. The molecule has 0 saturated heterocycles. The highest BCUT2D eigenvalue weighted by atomic mass is 79.9. The predicted octanol–water partition coefficient (Wildman–Crippen LogP) is 2.43. The smallest absolute Gasteiger partial charge is 0.175 e. The lowest BCUT2D eigenvalue weighted by Gasteiger charge is -2.19. The van der Waals surface area contributed by atoms with E-state index in [1.165, 1.54) is 6.08 Å². The summed E-state index contributed by atoms with van der Waals surface area (Å²) in [6.45, 7) is 1.12. The molecule has 0 atom stereocenters. The number of hydrogen-bond acceptors (Lipinski definition) is 3. The third kappa shape index (κ3) is 2.21. The van der Waals surface area contributed by atoms with Gasteiger partial charge in [-0.1, -0.05) is 6.08 Å². The summed E-state index contributed by atoms with van der Waals surface area (Å²) in [7, 11) is 0. The molecular weight excluding hydrogens is 260 g/mol. The van der Waals surface area contributed by atoms with Crippen molar-refractivity contribution < 1.29 is 14.3 Å². The van der Waals surface area contributed by atoms with Crippen LogP contribution in [0.3, 0.4) is 0 Å². The van der Waals surface area contributed by atoms with Crippen molar-refractivity contribution in [2.75, 3.05) is 13.2 Å². The second-order valence-electron chi connectivity index (χ2n) is 3.02. The largest absolute Gasteiger partial charge is 0.486 e. The lowest BCUT2D eigenvalue weighted by molar-refractivity contribution is -0.104. The number of hydrogen-bond donors (Lipinski definition) is 0. The molecule has 0 amide bonds. The highest BCUT2D eigenvalue weighted by Gasteiger charge is 2.15. The van der Waals surface area contributed by atoms with E-state index < -0.39 is 0 Å². The highest BCUT2D eigenvalue weighted by Crippen LogP contribution is 2.38. The summed E-state index contributed by atoms with van der Waals surface area (Å²) in [6, 6.07) is 3.73. The van der Waals surface area contributed by atoms with Crippen LogP contribution in [0, 0.1) is 0 Å². The summed E-state index contributed by atoms with van der Waals surface area (Å²) in [6.07, 6.45) is 3.90. The summed E-state index contributed by atoms with van der Waals surface area (Å²) in [5.41, 5.74) is 0.901. The van der Waals surface area contributed by atoms with Gasteiger partial charge in [0.15, 0.2) is 11.5 Å². The summed E-state index contributed by atoms with van der Waals surface area (Å²) in [4.78, 5) is 10.2. The molecule has 0 fully saturated rings. The SMILES string of the molecule is O=CC=Cc1cc(Br)c2c(c1)OCCO2. The Kier molecular flexibility index (Phi) is 3.06. The Morgan fingerprint density at radius 3 is 2.87 bits per heavy atom. The van der Waals surface area contributed by atoms with Crippen molar-refractivity contribution in [1.29, 1.82) is 0 Å². The molecule has 78 valence electrons. The van der Waals surface area contributed by atoms with Gasteiger partial charge in [-0.05, 0) is 39.7 Å². The zero-order valence-corrected chi connectivity index (χ0v) is 9.49. The molecule has 1 aromatic carbocycles. The molecule has 0 spiro atoms. The van der Waals surface area contributed by atoms with Gasteiger partial charge in [0.1, 0.15) is 19.5 Å². The normalized spacial score (nSPS) is 14.2. The molecule has 1 aromatic rings. The van der Waals surface area contributed by atoms with E-state index in [1.54, 1.807) is 6.08 Å². The van der Waals surface area contributed by atoms with Crippen molar-refractivity contribution in [2.45, 2.75) is 0 Å². The molecule has 0 aliphatic carbocycles. The van der Waals surface area contributed by atoms with Crippen molar-refractivity contribution in [2.24, 2.45) is 0 Å². The van der Waals surface area contributed by atoms with E-state index in [4.69, 9.17) is 9.47 Å². The van der Waals surface area contributed by atoms with Crippen LogP contribution in [0.15, 0.2) is 22.7 Å². The van der Waals surface area contributed by atoms with Crippen molar-refractivity contribution in [3.05, 3.63) is 28.2 Å². The van der Waals surface area contributed by atoms with E-state index in [0.29, 0.717) is 19.0 Å². The maximum absolute atomic E-state index is 10.2. The van der Waals surface area contributed by atoms with Crippen molar-refractivity contribution in [1.82, 2.24) is 0 Å². The molecule has 1 aliphatic heterocycles. The molecule has 2 rings (SSSR count). The predicted molar refractivity (Wildman–Crippen MR) is 60.2 cm³/mol. The molecule has 0 radical (unpaired) electrons. The number of rotatable bonds is 2. The Balaban J connectivity index is 2.40. The first-order chi connectivity index (χ1) is 7.31. The number of ether oxygens (including phenoxy) is 2. The van der Waals surface area contributed by atoms with E-state index >= 15 is 0 Å². The van der Waals surface area contributed by atoms with Gasteiger partial charge < -0.3 is 9.47 Å². The number of carbonyl (C=O) groups is 1. The van der Waals surface area contributed by atoms with Crippen LogP contribution in [0.5, 0.6) is 11.5 Å². The quantitative estimate of drug-likeness (QED) is 0.611. The summed E-state index contributed by atoms with van der Waals surface area (Å²) >= 11 is 3.40. The molecule has 0 bridgehead atoms. The van der Waals surface area contributed by atoms with Crippen molar-refractivity contribution >= 4 is 28.3 Å². The van der Waals surface area contributed by atoms with Crippen LogP contribution in [0.4, 0.5) is 0 Å². The molecule has 0 N–H and O–H groups in total. The number of carbonyl (C=O) groups excluding carboxylic acids is 1. The van der Waals surface area contributed by atoms with Gasteiger partial charge in [-0.3, -0.25) is 4.79 Å². The number of benzene rings is 1. The van der Waals surface area contributed by atoms with Crippen LogP contribution in [-0.2, 0) is 4.79 Å². The average molecular weight is 269 g/mol. The Hall–Kier alpha value is -1.29. The first-order valence-electron chi connectivity index (χ1n) is 4.52. The number of halogens is 1. The van der Waals surface area contributed by atoms with Gasteiger partial charge in [-0.2, -0.15) is 0 Å². The fraction of sp³-hybridized carbons (Fsp3) is 0.182. The lowest BCUT2D eigenvalue weighted by Crippen LogP contribution is -2.15. The van der Waals surface area contributed by atoms with Crippen LogP contribution in [0.25, 0.3) is 6.08 Å². The second-order valence-corrected chi connectivity index (χ2v) is 3.88. The zero-order chi connectivity index (χ0) is 10.7. The lowest BCUT2D eigenvalue weighted by atomic mass is 10.2. The Labute approximate surface area is 95.8 Å². The first kappa shape index (κ1) is 10.2. The van der Waals surface area contributed by atoms with Crippen LogP contribution in [0.1, 0.15) is 5.56 Å². The van der Waals surface area contributed by atoms with E-state index in [2.05, 4.69) is 15.9 Å². The van der Waals surface area contributed by atoms with Gasteiger partial charge in [0, 0.05) is 0 Å². The van der Waals surface area contributed by atoms with E-state index in [0.717, 1.165) is 22.1 Å². The van der Waals surface area contributed by atoms with Crippen molar-refractivity contribution in [3.8, 4) is 11.5 Å². The third-order valence-electron chi connectivity index (χ3n) is 1.99. The fourth-order valence-corrected chi connectivity index (χ4v) is 1.95. The average Bonchev–Trinajstić information content (AvgIpc) is 2.26. The summed E-state index contributed by atoms with van der Waals surface area (Å²) in [5, 5.41) is 0. The summed E-state index contributed by atoms with van der Waals surface area (Å²) in [5.74, 6) is 1.44. The molecule has 1 aliphatic rings. The van der Waals surface area contributed by atoms with Gasteiger partial charge in [0.2, 0.25) is 0 Å². The van der Waals surface area contributed by atoms with Gasteiger partial charge in [0.05, 0.1) is 4.47 Å². The van der Waals surface area contributed by atoms with E-state index in [1.807, 2.05) is 12.1 Å². The van der Waals surface area contributed by atoms with Crippen molar-refractivity contribution in [3.63, 3.8) is 0 Å². The van der Waals surface area contributed by atoms with Gasteiger partial charge in [0.25, 0.3) is 0 Å². The molecular formula is C11H9BrO3. The second kappa shape index (κ2) is 4.49. The Morgan fingerprint density at radius 1 is 1.27 bits per heavy atom. The van der Waals surface area contributed by atoms with E-state index in [-0.39, 0.29) is 0 Å². The molecule has 3 nitrogen and oxygen atoms in total. The van der Waals surface area contributed by atoms with Gasteiger partial charge >= 0.3 is 0 Å². The minimum atomic E-state index is 0.556. The molecule has 0 aromatic heterocycles. The molecule has 1 heterocycles. The summed E-state index contributed by atoms with van der Waals surface area (Å²) < 4.78 is 11.7. The van der Waals surface area contributed by atoms with Crippen LogP contribution >= 0.6 is 15.9 Å². The fourth-order valence-electron chi connectivity index (χ4n) is 1.38. The van der Waals surface area contributed by atoms with Gasteiger partial charge in [-0.15, -0.1) is 0 Å². The topological polar surface area (TPSA) is 35.5 Å². The maximum Gasteiger partial charge on any atom is 0.175 e. The molecule has 0 unspecified atom stereocenters. The molecule has 0 saturated carbocycles. The van der Waals surface area contributed by atoms with E-state index in [9.17, 15) is 4.79 Å². The third-order valence-corrected chi connectivity index (χ3v) is 2.58. The minimum absolute atomic E-state index is 0.556. The maximum atomic E-state index is 10.2. The Morgan fingerprint density at radius 2 is 2.07 bits per heavy atom. The zero-order valence-electron chi connectivity index (χ0n) is 7.90. The monoisotopic (exact) mass is 268 g/mol. The standard InChI is InChI=1S/C11H9BrO3/c12-9-6-8(2-1-3-13)7-10-11(9)15-5-4-14-10/h1-3,6-7H,4-5H2. The van der Waals surface area contributed by atoms with Crippen LogP contribution in [0.2, 0.25) is 0 Å². The highest BCUT2D eigenvalue weighted by molar-refractivity contribution is 9.10. The molecule has 15 heavy (non-hydrogen) atoms. The number of aldehydes is 1. The van der Waals surface area contributed by atoms with Crippen LogP contribution < -0.4 is 9.47 Å². The van der Waals surface area contributed by atoms with Crippen LogP contribution in [-0.4, -0.2) is 19.5 Å². The number of fused-ring (bicyclic) bond motifs is 1. The number of allylic oxidation sites excluding steroid dienone is 1.